The van der Waals surface area contributed by atoms with Gasteiger partial charge in [0.25, 0.3) is 0 Å². The third-order valence-electron chi connectivity index (χ3n) is 1.70. The Morgan fingerprint density at radius 3 is 2.50 bits per heavy atom. The molecular weight excluding hydrogens is 124 g/mol. The molecule has 0 N–H and O–H groups in total. The number of halogens is 1. The summed E-state index contributed by atoms with van der Waals surface area (Å²) in [5.74, 6) is 0. The van der Waals surface area contributed by atoms with E-state index in [1.165, 1.54) is 0 Å². The van der Waals surface area contributed by atoms with Gasteiger partial charge in [0.2, 0.25) is 0 Å². The van der Waals surface area contributed by atoms with Crippen LogP contribution in [0, 0.1) is 0 Å². The fourth-order valence-corrected chi connectivity index (χ4v) is 0.749. The first kappa shape index (κ1) is 6.37. The summed E-state index contributed by atoms with van der Waals surface area (Å²) in [6.07, 6.45) is 1.31. The highest BCUT2D eigenvalue weighted by atomic mass is 35.5. The van der Waals surface area contributed by atoms with Crippen LogP contribution in [-0.2, 0) is 4.74 Å². The van der Waals surface area contributed by atoms with Crippen molar-refractivity contribution in [3.8, 4) is 0 Å². The van der Waals surface area contributed by atoms with Crippen molar-refractivity contribution in [2.45, 2.75) is 31.2 Å². The van der Waals surface area contributed by atoms with Crippen LogP contribution < -0.4 is 0 Å². The predicted molar refractivity (Wildman–Crippen MR) is 34.3 cm³/mol. The molecule has 2 unspecified atom stereocenters. The lowest BCUT2D eigenvalue weighted by Crippen LogP contribution is -2.22. The van der Waals surface area contributed by atoms with E-state index in [9.17, 15) is 0 Å². The van der Waals surface area contributed by atoms with Crippen molar-refractivity contribution < 1.29 is 4.74 Å². The second kappa shape index (κ2) is 1.89. The zero-order valence-electron chi connectivity index (χ0n) is 5.28. The standard InChI is InChI=1S/C6H11ClO/c1-3-6(2,7)5-4-8-5/h5H,3-4H2,1-2H3. The van der Waals surface area contributed by atoms with Crippen LogP contribution in [0.3, 0.4) is 0 Å². The first-order valence-electron chi connectivity index (χ1n) is 2.97. The minimum Gasteiger partial charge on any atom is -0.371 e. The highest BCUT2D eigenvalue weighted by molar-refractivity contribution is 6.24. The van der Waals surface area contributed by atoms with Gasteiger partial charge in [-0.3, -0.25) is 0 Å². The molecule has 1 aliphatic rings. The fraction of sp³-hybridized carbons (Fsp3) is 1.00. The van der Waals surface area contributed by atoms with Gasteiger partial charge in [0, 0.05) is 0 Å². The number of ether oxygens (including phenoxy) is 1. The zero-order chi connectivity index (χ0) is 6.20. The molecule has 0 amide bonds. The van der Waals surface area contributed by atoms with E-state index < -0.39 is 0 Å². The molecule has 2 atom stereocenters. The SMILES string of the molecule is CCC(C)(Cl)C1CO1. The quantitative estimate of drug-likeness (QED) is 0.415. The molecule has 1 fully saturated rings. The van der Waals surface area contributed by atoms with Gasteiger partial charge in [0.1, 0.15) is 0 Å². The third kappa shape index (κ3) is 1.15. The van der Waals surface area contributed by atoms with Crippen molar-refractivity contribution in [2.75, 3.05) is 6.61 Å². The highest BCUT2D eigenvalue weighted by Crippen LogP contribution is 2.32. The maximum Gasteiger partial charge on any atom is 0.0998 e. The van der Waals surface area contributed by atoms with E-state index in [0.29, 0.717) is 6.10 Å². The largest absolute Gasteiger partial charge is 0.371 e. The molecular formula is C6H11ClO. The average molecular weight is 135 g/mol. The topological polar surface area (TPSA) is 12.5 Å². The van der Waals surface area contributed by atoms with Gasteiger partial charge in [0.15, 0.2) is 0 Å². The predicted octanol–water partition coefficient (Wildman–Crippen LogP) is 1.79. The molecule has 0 bridgehead atoms. The summed E-state index contributed by atoms with van der Waals surface area (Å²) in [5.41, 5.74) is 0. The average Bonchev–Trinajstić information content (AvgIpc) is 2.44. The van der Waals surface area contributed by atoms with Crippen molar-refractivity contribution in [1.82, 2.24) is 0 Å². The molecule has 2 heteroatoms. The van der Waals surface area contributed by atoms with Crippen LogP contribution >= 0.6 is 11.6 Å². The molecule has 0 aromatic rings. The lowest BCUT2D eigenvalue weighted by Gasteiger charge is -2.15. The Hall–Kier alpha value is 0.250. The molecule has 1 aliphatic heterocycles. The number of rotatable bonds is 2. The molecule has 1 saturated heterocycles. The maximum atomic E-state index is 5.99. The maximum absolute atomic E-state index is 5.99. The summed E-state index contributed by atoms with van der Waals surface area (Å²) < 4.78 is 5.03. The van der Waals surface area contributed by atoms with Gasteiger partial charge in [-0.05, 0) is 13.3 Å². The first-order valence-corrected chi connectivity index (χ1v) is 3.35. The van der Waals surface area contributed by atoms with Crippen molar-refractivity contribution >= 4 is 11.6 Å². The van der Waals surface area contributed by atoms with E-state index >= 15 is 0 Å². The van der Waals surface area contributed by atoms with E-state index in [2.05, 4.69) is 6.92 Å². The van der Waals surface area contributed by atoms with Gasteiger partial charge < -0.3 is 4.74 Å². The molecule has 0 radical (unpaired) electrons. The first-order chi connectivity index (χ1) is 3.67. The molecule has 1 rings (SSSR count). The molecule has 0 saturated carbocycles. The van der Waals surface area contributed by atoms with Crippen molar-refractivity contribution in [2.24, 2.45) is 0 Å². The minimum atomic E-state index is -0.0972. The molecule has 1 nitrogen and oxygen atoms in total. The van der Waals surface area contributed by atoms with E-state index in [1.54, 1.807) is 0 Å². The van der Waals surface area contributed by atoms with Crippen LogP contribution in [-0.4, -0.2) is 17.6 Å². The number of epoxide rings is 1. The van der Waals surface area contributed by atoms with Crippen LogP contribution in [0.1, 0.15) is 20.3 Å². The summed E-state index contributed by atoms with van der Waals surface area (Å²) in [4.78, 5) is -0.0972. The van der Waals surface area contributed by atoms with E-state index in [1.807, 2.05) is 6.92 Å². The van der Waals surface area contributed by atoms with Crippen LogP contribution in [0.5, 0.6) is 0 Å². The smallest absolute Gasteiger partial charge is 0.0998 e. The molecule has 1 heterocycles. The lowest BCUT2D eigenvalue weighted by molar-refractivity contribution is 0.354. The second-order valence-corrected chi connectivity index (χ2v) is 3.32. The Labute approximate surface area is 55.0 Å². The van der Waals surface area contributed by atoms with Crippen LogP contribution in [0.25, 0.3) is 0 Å². The summed E-state index contributed by atoms with van der Waals surface area (Å²) in [5, 5.41) is 0. The minimum absolute atomic E-state index is 0.0972. The molecule has 0 aromatic carbocycles. The van der Waals surface area contributed by atoms with Crippen LogP contribution in [0.2, 0.25) is 0 Å². The highest BCUT2D eigenvalue weighted by Gasteiger charge is 2.40. The van der Waals surface area contributed by atoms with Crippen LogP contribution in [0.4, 0.5) is 0 Å². The molecule has 8 heavy (non-hydrogen) atoms. The van der Waals surface area contributed by atoms with Crippen molar-refractivity contribution in [3.63, 3.8) is 0 Å². The molecule has 0 aliphatic carbocycles. The zero-order valence-corrected chi connectivity index (χ0v) is 6.03. The van der Waals surface area contributed by atoms with Gasteiger partial charge >= 0.3 is 0 Å². The summed E-state index contributed by atoms with van der Waals surface area (Å²) in [6, 6.07) is 0. The van der Waals surface area contributed by atoms with Gasteiger partial charge in [-0.1, -0.05) is 6.92 Å². The summed E-state index contributed by atoms with van der Waals surface area (Å²) in [7, 11) is 0. The Morgan fingerprint density at radius 1 is 1.88 bits per heavy atom. The van der Waals surface area contributed by atoms with Gasteiger partial charge in [-0.15, -0.1) is 11.6 Å². The number of hydrogen-bond donors (Lipinski definition) is 0. The van der Waals surface area contributed by atoms with Gasteiger partial charge in [0.05, 0.1) is 17.6 Å². The number of alkyl halides is 1. The Kier molecular flexibility index (Phi) is 1.50. The van der Waals surface area contributed by atoms with Gasteiger partial charge in [-0.25, -0.2) is 0 Å². The van der Waals surface area contributed by atoms with Crippen LogP contribution in [0.15, 0.2) is 0 Å². The fourth-order valence-electron chi connectivity index (χ4n) is 0.623. The van der Waals surface area contributed by atoms with E-state index in [-0.39, 0.29) is 4.87 Å². The Balaban J connectivity index is 2.37. The lowest BCUT2D eigenvalue weighted by atomic mass is 10.1. The number of hydrogen-bond acceptors (Lipinski definition) is 1. The Bertz CT molecular complexity index is 86.5. The molecule has 0 spiro atoms. The summed E-state index contributed by atoms with van der Waals surface area (Å²) >= 11 is 5.99. The summed E-state index contributed by atoms with van der Waals surface area (Å²) in [6.45, 7) is 4.95. The normalized spacial score (nSPS) is 34.1. The van der Waals surface area contributed by atoms with Gasteiger partial charge in [-0.2, -0.15) is 0 Å². The molecule has 0 aromatic heterocycles. The van der Waals surface area contributed by atoms with Crippen molar-refractivity contribution in [1.29, 1.82) is 0 Å². The molecule has 48 valence electrons. The third-order valence-corrected chi connectivity index (χ3v) is 2.21. The monoisotopic (exact) mass is 134 g/mol. The Morgan fingerprint density at radius 2 is 2.38 bits per heavy atom. The van der Waals surface area contributed by atoms with Crippen molar-refractivity contribution in [3.05, 3.63) is 0 Å². The van der Waals surface area contributed by atoms with E-state index in [4.69, 9.17) is 16.3 Å². The second-order valence-electron chi connectivity index (χ2n) is 2.45. The van der Waals surface area contributed by atoms with E-state index in [0.717, 1.165) is 13.0 Å².